The van der Waals surface area contributed by atoms with Crippen molar-refractivity contribution in [2.75, 3.05) is 5.32 Å². The minimum absolute atomic E-state index is 0.409. The van der Waals surface area contributed by atoms with Gasteiger partial charge in [0.15, 0.2) is 0 Å². The topological polar surface area (TPSA) is 59.3 Å². The summed E-state index contributed by atoms with van der Waals surface area (Å²) in [4.78, 5) is 21.9. The Morgan fingerprint density at radius 3 is 2.88 bits per heavy atom. The van der Waals surface area contributed by atoms with Gasteiger partial charge in [-0.15, -0.1) is 6.42 Å². The predicted molar refractivity (Wildman–Crippen MR) is 59.9 cm³/mol. The number of anilines is 1. The highest BCUT2D eigenvalue weighted by Gasteiger charge is 2.01. The first-order valence-electron chi connectivity index (χ1n) is 4.50. The zero-order valence-corrected chi connectivity index (χ0v) is 8.19. The van der Waals surface area contributed by atoms with Crippen molar-refractivity contribution in [2.24, 2.45) is 0 Å². The van der Waals surface area contributed by atoms with Crippen LogP contribution in [0.1, 0.15) is 0 Å². The van der Waals surface area contributed by atoms with E-state index in [1.54, 1.807) is 24.3 Å². The van der Waals surface area contributed by atoms with Gasteiger partial charge in [-0.1, -0.05) is 0 Å². The van der Waals surface area contributed by atoms with Gasteiger partial charge in [-0.3, -0.25) is 4.79 Å². The lowest BCUT2D eigenvalue weighted by molar-refractivity contribution is -0.111. The van der Waals surface area contributed by atoms with E-state index in [-0.39, 0.29) is 0 Å². The third-order valence-corrected chi connectivity index (χ3v) is 2.01. The van der Waals surface area contributed by atoms with Crippen molar-refractivity contribution in [1.29, 1.82) is 0 Å². The number of rotatable bonds is 1. The number of benzene rings is 1. The molecule has 0 aliphatic heterocycles. The molecule has 0 radical (unpaired) electrons. The monoisotopic (exact) mass is 213 g/mol. The molecule has 1 aromatic heterocycles. The fourth-order valence-corrected chi connectivity index (χ4v) is 1.32. The van der Waals surface area contributed by atoms with Crippen LogP contribution in [-0.4, -0.2) is 5.91 Å². The quantitative estimate of drug-likeness (QED) is 0.574. The number of hydrogen-bond donors (Lipinski definition) is 1. The zero-order valence-electron chi connectivity index (χ0n) is 8.19. The number of amides is 1. The van der Waals surface area contributed by atoms with Gasteiger partial charge in [0.2, 0.25) is 0 Å². The summed E-state index contributed by atoms with van der Waals surface area (Å²) in [6.07, 6.45) is 4.93. The van der Waals surface area contributed by atoms with Crippen molar-refractivity contribution in [3.63, 3.8) is 0 Å². The third kappa shape index (κ3) is 1.93. The molecule has 0 bridgehead atoms. The summed E-state index contributed by atoms with van der Waals surface area (Å²) in [5.41, 5.74) is 0.614. The van der Waals surface area contributed by atoms with Crippen LogP contribution in [0.2, 0.25) is 0 Å². The molecular formula is C12H7NO3. The van der Waals surface area contributed by atoms with Gasteiger partial charge in [-0.2, -0.15) is 0 Å². The van der Waals surface area contributed by atoms with Gasteiger partial charge in [-0.05, 0) is 30.2 Å². The molecule has 0 atom stereocenters. The normalized spacial score (nSPS) is 9.69. The number of hydrogen-bond acceptors (Lipinski definition) is 3. The average Bonchev–Trinajstić information content (AvgIpc) is 2.29. The van der Waals surface area contributed by atoms with Crippen LogP contribution in [0.3, 0.4) is 0 Å². The maximum atomic E-state index is 11.0. The van der Waals surface area contributed by atoms with Gasteiger partial charge < -0.3 is 9.73 Å². The number of carbonyl (C=O) groups is 1. The van der Waals surface area contributed by atoms with Gasteiger partial charge in [-0.25, -0.2) is 4.79 Å². The standard InChI is InChI=1S/C12H7NO3/c1-2-11(14)13-9-4-5-10-8(7-9)3-6-12(15)16-10/h1,3-7H,(H,13,14). The Morgan fingerprint density at radius 1 is 1.31 bits per heavy atom. The van der Waals surface area contributed by atoms with Crippen molar-refractivity contribution in [2.45, 2.75) is 0 Å². The number of fused-ring (bicyclic) bond motifs is 1. The summed E-state index contributed by atoms with van der Waals surface area (Å²) in [5.74, 6) is 1.43. The first-order valence-corrected chi connectivity index (χ1v) is 4.50. The lowest BCUT2D eigenvalue weighted by Gasteiger charge is -2.01. The average molecular weight is 213 g/mol. The van der Waals surface area contributed by atoms with Crippen molar-refractivity contribution >= 4 is 22.6 Å². The minimum Gasteiger partial charge on any atom is -0.423 e. The van der Waals surface area contributed by atoms with Crippen molar-refractivity contribution in [3.8, 4) is 12.3 Å². The number of carbonyl (C=O) groups excluding carboxylic acids is 1. The molecule has 78 valence electrons. The predicted octanol–water partition coefficient (Wildman–Crippen LogP) is 1.36. The van der Waals surface area contributed by atoms with Gasteiger partial charge in [0, 0.05) is 17.1 Å². The van der Waals surface area contributed by atoms with E-state index in [0.717, 1.165) is 5.39 Å². The van der Waals surface area contributed by atoms with Crippen molar-refractivity contribution < 1.29 is 9.21 Å². The Kier molecular flexibility index (Phi) is 2.44. The molecular weight excluding hydrogens is 206 g/mol. The maximum absolute atomic E-state index is 11.0. The molecule has 1 amide bonds. The Morgan fingerprint density at radius 2 is 2.12 bits per heavy atom. The summed E-state index contributed by atoms with van der Waals surface area (Å²) in [5, 5.41) is 3.22. The molecule has 2 aromatic rings. The van der Waals surface area contributed by atoms with Crippen molar-refractivity contribution in [3.05, 3.63) is 40.8 Å². The lowest BCUT2D eigenvalue weighted by atomic mass is 10.2. The molecule has 0 spiro atoms. The summed E-state index contributed by atoms with van der Waals surface area (Å²) in [7, 11) is 0. The first-order chi connectivity index (χ1) is 7.69. The van der Waals surface area contributed by atoms with E-state index in [1.807, 2.05) is 5.92 Å². The second-order valence-corrected chi connectivity index (χ2v) is 3.11. The second kappa shape index (κ2) is 3.91. The van der Waals surface area contributed by atoms with E-state index in [0.29, 0.717) is 11.3 Å². The van der Waals surface area contributed by atoms with Gasteiger partial charge >= 0.3 is 5.63 Å². The highest BCUT2D eigenvalue weighted by atomic mass is 16.4. The molecule has 0 unspecified atom stereocenters. The van der Waals surface area contributed by atoms with Crippen LogP contribution < -0.4 is 10.9 Å². The molecule has 0 saturated carbocycles. The molecule has 4 nitrogen and oxygen atoms in total. The smallest absolute Gasteiger partial charge is 0.336 e. The molecule has 2 rings (SSSR count). The lowest BCUT2D eigenvalue weighted by Crippen LogP contribution is -2.07. The first kappa shape index (κ1) is 9.99. The molecule has 0 saturated heterocycles. The molecule has 0 fully saturated rings. The highest BCUT2D eigenvalue weighted by molar-refractivity contribution is 6.04. The van der Waals surface area contributed by atoms with Gasteiger partial charge in [0.1, 0.15) is 5.58 Å². The van der Waals surface area contributed by atoms with E-state index in [9.17, 15) is 9.59 Å². The second-order valence-electron chi connectivity index (χ2n) is 3.11. The number of nitrogens with one attached hydrogen (secondary N) is 1. The summed E-state index contributed by atoms with van der Waals surface area (Å²) in [6.45, 7) is 0. The Balaban J connectivity index is 2.45. The van der Waals surface area contributed by atoms with Crippen molar-refractivity contribution in [1.82, 2.24) is 0 Å². The van der Waals surface area contributed by atoms with Gasteiger partial charge in [0.05, 0.1) is 0 Å². The van der Waals surface area contributed by atoms with E-state index >= 15 is 0 Å². The van der Waals surface area contributed by atoms with Crippen LogP contribution in [-0.2, 0) is 4.79 Å². The Hall–Kier alpha value is -2.54. The largest absolute Gasteiger partial charge is 0.423 e. The van der Waals surface area contributed by atoms with Crippen LogP contribution in [0.4, 0.5) is 5.69 Å². The molecule has 4 heteroatoms. The van der Waals surface area contributed by atoms with Crippen LogP contribution >= 0.6 is 0 Å². The highest BCUT2D eigenvalue weighted by Crippen LogP contribution is 2.17. The fraction of sp³-hybridized carbons (Fsp3) is 0. The fourth-order valence-electron chi connectivity index (χ4n) is 1.32. The van der Waals surface area contributed by atoms with E-state index in [4.69, 9.17) is 10.8 Å². The molecule has 16 heavy (non-hydrogen) atoms. The number of terminal acetylenes is 1. The molecule has 0 aliphatic carbocycles. The molecule has 1 N–H and O–H groups in total. The summed E-state index contributed by atoms with van der Waals surface area (Å²) in [6, 6.07) is 7.82. The molecule has 1 aromatic carbocycles. The SMILES string of the molecule is C#CC(=O)Nc1ccc2oc(=O)ccc2c1. The third-order valence-electron chi connectivity index (χ3n) is 2.01. The maximum Gasteiger partial charge on any atom is 0.336 e. The van der Waals surface area contributed by atoms with Crippen LogP contribution in [0.25, 0.3) is 11.0 Å². The Labute approximate surface area is 90.9 Å². The zero-order chi connectivity index (χ0) is 11.5. The van der Waals surface area contributed by atoms with Crippen LogP contribution in [0.15, 0.2) is 39.5 Å². The van der Waals surface area contributed by atoms with Crippen LogP contribution in [0.5, 0.6) is 0 Å². The molecule has 1 heterocycles. The van der Waals surface area contributed by atoms with E-state index in [1.165, 1.54) is 6.07 Å². The molecule has 0 aliphatic rings. The van der Waals surface area contributed by atoms with Gasteiger partial charge in [0.25, 0.3) is 5.91 Å². The summed E-state index contributed by atoms with van der Waals surface area (Å²) >= 11 is 0. The van der Waals surface area contributed by atoms with E-state index < -0.39 is 11.5 Å². The summed E-state index contributed by atoms with van der Waals surface area (Å²) < 4.78 is 4.94. The minimum atomic E-state index is -0.517. The van der Waals surface area contributed by atoms with E-state index in [2.05, 4.69) is 5.32 Å². The Bertz CT molecular complexity index is 649. The van der Waals surface area contributed by atoms with Crippen LogP contribution in [0, 0.1) is 12.3 Å².